The van der Waals surface area contributed by atoms with Crippen LogP contribution in [0, 0.1) is 5.82 Å². The van der Waals surface area contributed by atoms with E-state index in [1.165, 1.54) is 17.4 Å². The van der Waals surface area contributed by atoms with Crippen molar-refractivity contribution in [3.63, 3.8) is 0 Å². The van der Waals surface area contributed by atoms with Gasteiger partial charge in [-0.05, 0) is 25.0 Å². The quantitative estimate of drug-likeness (QED) is 0.919. The molecule has 0 bridgehead atoms. The largest absolute Gasteiger partial charge is 0.345 e. The second kappa shape index (κ2) is 7.34. The van der Waals surface area contributed by atoms with E-state index in [0.29, 0.717) is 18.6 Å². The van der Waals surface area contributed by atoms with Crippen molar-refractivity contribution in [2.24, 2.45) is 0 Å². The average Bonchev–Trinajstić information content (AvgIpc) is 3.05. The summed E-state index contributed by atoms with van der Waals surface area (Å²) in [6.45, 7) is 6.92. The Morgan fingerprint density at radius 3 is 2.62 bits per heavy atom. The molecule has 0 radical (unpaired) electrons. The summed E-state index contributed by atoms with van der Waals surface area (Å²) >= 11 is 1.50. The minimum absolute atomic E-state index is 0.0127. The first-order valence-electron chi connectivity index (χ1n) is 8.47. The molecule has 7 heteroatoms. The van der Waals surface area contributed by atoms with Crippen molar-refractivity contribution in [3.05, 3.63) is 24.0 Å². The van der Waals surface area contributed by atoms with Gasteiger partial charge < -0.3 is 15.1 Å². The number of amides is 2. The number of benzene rings is 1. The summed E-state index contributed by atoms with van der Waals surface area (Å²) in [5, 5.41) is 3.90. The fraction of sp³-hybridized carbons (Fsp3) is 0.529. The molecule has 1 fully saturated rings. The third kappa shape index (κ3) is 3.45. The Kier molecular flexibility index (Phi) is 5.18. The van der Waals surface area contributed by atoms with Gasteiger partial charge in [-0.1, -0.05) is 31.3 Å². The number of fused-ring (bicyclic) bond motifs is 1. The van der Waals surface area contributed by atoms with Crippen LogP contribution in [0.2, 0.25) is 0 Å². The number of para-hydroxylation sites is 1. The predicted octanol–water partition coefficient (Wildman–Crippen LogP) is 3.46. The predicted molar refractivity (Wildman–Crippen MR) is 96.3 cm³/mol. The molecule has 2 amide bonds. The van der Waals surface area contributed by atoms with E-state index in [1.807, 2.05) is 11.0 Å². The van der Waals surface area contributed by atoms with Crippen LogP contribution in [0.4, 0.5) is 14.3 Å². The van der Waals surface area contributed by atoms with E-state index < -0.39 is 0 Å². The van der Waals surface area contributed by atoms with Gasteiger partial charge >= 0.3 is 6.03 Å². The van der Waals surface area contributed by atoms with Crippen molar-refractivity contribution >= 4 is 32.7 Å². The number of carbonyl (C=O) groups is 1. The number of urea groups is 1. The molecule has 0 atom stereocenters. The van der Waals surface area contributed by atoms with Gasteiger partial charge in [-0.15, -0.1) is 0 Å². The molecule has 1 aromatic carbocycles. The lowest BCUT2D eigenvalue weighted by Crippen LogP contribution is -2.53. The monoisotopic (exact) mass is 350 g/mol. The summed E-state index contributed by atoms with van der Waals surface area (Å²) in [6, 6.07) is 5.28. The lowest BCUT2D eigenvalue weighted by molar-refractivity contribution is 0.189. The van der Waals surface area contributed by atoms with Gasteiger partial charge in [-0.2, -0.15) is 0 Å². The number of anilines is 1. The number of nitrogens with one attached hydrogen (secondary N) is 1. The van der Waals surface area contributed by atoms with E-state index in [2.05, 4.69) is 29.0 Å². The van der Waals surface area contributed by atoms with E-state index in [0.717, 1.165) is 35.8 Å². The molecule has 0 saturated carbocycles. The van der Waals surface area contributed by atoms with Crippen LogP contribution in [0.3, 0.4) is 0 Å². The Balaban J connectivity index is 1.62. The van der Waals surface area contributed by atoms with Crippen molar-refractivity contribution < 1.29 is 9.18 Å². The maximum atomic E-state index is 13.8. The van der Waals surface area contributed by atoms with Crippen LogP contribution in [0.15, 0.2) is 18.2 Å². The Bertz CT molecular complexity index is 708. The van der Waals surface area contributed by atoms with E-state index >= 15 is 0 Å². The number of rotatable bonds is 4. The molecule has 2 heterocycles. The van der Waals surface area contributed by atoms with Gasteiger partial charge in [0.1, 0.15) is 11.3 Å². The van der Waals surface area contributed by atoms with E-state index in [-0.39, 0.29) is 17.9 Å². The molecule has 0 spiro atoms. The highest BCUT2D eigenvalue weighted by molar-refractivity contribution is 7.22. The van der Waals surface area contributed by atoms with Crippen LogP contribution >= 0.6 is 11.3 Å². The number of nitrogens with zero attached hydrogens (tertiary/aromatic N) is 3. The number of hydrogen-bond acceptors (Lipinski definition) is 4. The molecular formula is C17H23FN4OS. The molecular weight excluding hydrogens is 327 g/mol. The number of piperazine rings is 1. The van der Waals surface area contributed by atoms with E-state index in [4.69, 9.17) is 0 Å². The Hall–Kier alpha value is -1.89. The molecule has 1 saturated heterocycles. The van der Waals surface area contributed by atoms with Crippen molar-refractivity contribution in [2.75, 3.05) is 31.1 Å². The fourth-order valence-electron chi connectivity index (χ4n) is 2.90. The standard InChI is InChI=1S/C17H23FN4OS/c1-3-12(4-2)19-16(23)21-8-10-22(11-9-21)17-20-15-13(18)6-5-7-14(15)24-17/h5-7,12H,3-4,8-11H2,1-2H3,(H,19,23). The van der Waals surface area contributed by atoms with Crippen molar-refractivity contribution in [1.29, 1.82) is 0 Å². The van der Waals surface area contributed by atoms with Gasteiger partial charge in [0.15, 0.2) is 5.13 Å². The summed E-state index contributed by atoms with van der Waals surface area (Å²) in [5.74, 6) is -0.279. The summed E-state index contributed by atoms with van der Waals surface area (Å²) in [5.41, 5.74) is 0.436. The number of hydrogen-bond donors (Lipinski definition) is 1. The van der Waals surface area contributed by atoms with Crippen LogP contribution < -0.4 is 10.2 Å². The lowest BCUT2D eigenvalue weighted by Gasteiger charge is -2.35. The maximum absolute atomic E-state index is 13.8. The van der Waals surface area contributed by atoms with E-state index in [1.54, 1.807) is 6.07 Å². The molecule has 1 aromatic heterocycles. The highest BCUT2D eigenvalue weighted by Crippen LogP contribution is 2.30. The summed E-state index contributed by atoms with van der Waals surface area (Å²) in [7, 11) is 0. The Morgan fingerprint density at radius 1 is 1.29 bits per heavy atom. The van der Waals surface area contributed by atoms with Gasteiger partial charge in [-0.25, -0.2) is 14.2 Å². The fourth-order valence-corrected chi connectivity index (χ4v) is 3.93. The number of carbonyl (C=O) groups excluding carboxylic acids is 1. The van der Waals surface area contributed by atoms with Crippen LogP contribution in [0.5, 0.6) is 0 Å². The second-order valence-electron chi connectivity index (χ2n) is 6.02. The maximum Gasteiger partial charge on any atom is 0.317 e. The zero-order chi connectivity index (χ0) is 17.1. The van der Waals surface area contributed by atoms with Gasteiger partial charge in [0.25, 0.3) is 0 Å². The molecule has 130 valence electrons. The van der Waals surface area contributed by atoms with Crippen LogP contribution in [0.25, 0.3) is 10.2 Å². The summed E-state index contributed by atoms with van der Waals surface area (Å²) < 4.78 is 14.6. The van der Waals surface area contributed by atoms with Crippen LogP contribution in [-0.4, -0.2) is 48.1 Å². The normalized spacial score (nSPS) is 15.3. The number of halogens is 1. The average molecular weight is 350 g/mol. The Morgan fingerprint density at radius 2 is 2.00 bits per heavy atom. The number of thiazole rings is 1. The highest BCUT2D eigenvalue weighted by atomic mass is 32.1. The van der Waals surface area contributed by atoms with Gasteiger partial charge in [0.2, 0.25) is 0 Å². The van der Waals surface area contributed by atoms with E-state index in [9.17, 15) is 9.18 Å². The minimum Gasteiger partial charge on any atom is -0.345 e. The second-order valence-corrected chi connectivity index (χ2v) is 7.03. The zero-order valence-electron chi connectivity index (χ0n) is 14.1. The van der Waals surface area contributed by atoms with Crippen LogP contribution in [0.1, 0.15) is 26.7 Å². The molecule has 5 nitrogen and oxygen atoms in total. The topological polar surface area (TPSA) is 48.5 Å². The third-order valence-electron chi connectivity index (χ3n) is 4.51. The van der Waals surface area contributed by atoms with Crippen molar-refractivity contribution in [3.8, 4) is 0 Å². The summed E-state index contributed by atoms with van der Waals surface area (Å²) in [4.78, 5) is 20.7. The highest BCUT2D eigenvalue weighted by Gasteiger charge is 2.24. The minimum atomic E-state index is -0.279. The molecule has 3 rings (SSSR count). The number of aromatic nitrogens is 1. The molecule has 0 aliphatic carbocycles. The van der Waals surface area contributed by atoms with Gasteiger partial charge in [0.05, 0.1) is 4.70 Å². The van der Waals surface area contributed by atoms with Crippen molar-refractivity contribution in [2.45, 2.75) is 32.7 Å². The van der Waals surface area contributed by atoms with Crippen molar-refractivity contribution in [1.82, 2.24) is 15.2 Å². The van der Waals surface area contributed by atoms with Gasteiger partial charge in [-0.3, -0.25) is 0 Å². The smallest absolute Gasteiger partial charge is 0.317 e. The van der Waals surface area contributed by atoms with Crippen LogP contribution in [-0.2, 0) is 0 Å². The molecule has 1 aliphatic rings. The molecule has 2 aromatic rings. The van der Waals surface area contributed by atoms with Gasteiger partial charge in [0, 0.05) is 32.2 Å². The molecule has 1 N–H and O–H groups in total. The first-order valence-corrected chi connectivity index (χ1v) is 9.29. The molecule has 1 aliphatic heterocycles. The molecule has 0 unspecified atom stereocenters. The summed E-state index contributed by atoms with van der Waals surface area (Å²) in [6.07, 6.45) is 1.89. The first-order chi connectivity index (χ1) is 11.6. The first kappa shape index (κ1) is 17.0. The lowest BCUT2D eigenvalue weighted by atomic mass is 10.2. The molecule has 24 heavy (non-hydrogen) atoms. The third-order valence-corrected chi connectivity index (χ3v) is 5.59. The zero-order valence-corrected chi connectivity index (χ0v) is 14.9. The Labute approximate surface area is 145 Å². The SMILES string of the molecule is CCC(CC)NC(=O)N1CCN(c2nc3c(F)cccc3s2)CC1.